The Balaban J connectivity index is 1.69. The van der Waals surface area contributed by atoms with Gasteiger partial charge in [0.25, 0.3) is 0 Å². The Morgan fingerprint density at radius 2 is 1.88 bits per heavy atom. The molecular formula is C23H29N3O5S. The molecule has 2 aromatic rings. The largest absolute Gasteiger partial charge is 0.480 e. The summed E-state index contributed by atoms with van der Waals surface area (Å²) in [5.74, 6) is -1.26. The number of nitrogens with zero attached hydrogens (tertiary/aromatic N) is 1. The number of benzene rings is 1. The number of hydrogen-bond acceptors (Lipinski definition) is 6. The third kappa shape index (κ3) is 5.70. The Morgan fingerprint density at radius 3 is 2.44 bits per heavy atom. The average molecular weight is 460 g/mol. The van der Waals surface area contributed by atoms with Crippen LogP contribution in [0.4, 0.5) is 0 Å². The maximum atomic E-state index is 13.2. The number of carbonyl (C=O) groups is 3. The summed E-state index contributed by atoms with van der Waals surface area (Å²) in [5.41, 5.74) is 0.488. The van der Waals surface area contributed by atoms with Crippen molar-refractivity contribution in [2.24, 2.45) is 0 Å². The van der Waals surface area contributed by atoms with Gasteiger partial charge in [0.15, 0.2) is 5.76 Å². The highest BCUT2D eigenvalue weighted by atomic mass is 32.1. The van der Waals surface area contributed by atoms with Crippen molar-refractivity contribution >= 4 is 30.4 Å². The lowest BCUT2D eigenvalue weighted by Gasteiger charge is -2.31. The zero-order valence-corrected chi connectivity index (χ0v) is 18.9. The standard InChI is InChI=1S/C23H29N3O5S/c1-2-5-19(32)20(27)26-23(11-3-4-12-23)22(30)25-17(21(28)29)14-15-6-8-16(9-7-15)18-10-13-24-31-18/h6-10,13,17,19,32H,2-5,11-12,14H2,1H3,(H,25,30)(H,26,27)(H,28,29)/t17-,19?/m0/s1. The molecule has 3 rings (SSSR count). The van der Waals surface area contributed by atoms with Gasteiger partial charge in [0.1, 0.15) is 11.6 Å². The van der Waals surface area contributed by atoms with Crippen LogP contribution in [0.3, 0.4) is 0 Å². The second-order valence-electron chi connectivity index (χ2n) is 8.22. The fourth-order valence-electron chi connectivity index (χ4n) is 4.01. The first kappa shape index (κ1) is 23.8. The molecule has 1 aliphatic carbocycles. The first-order valence-corrected chi connectivity index (χ1v) is 11.4. The number of carboxylic acid groups (broad SMARTS) is 1. The number of carboxylic acids is 1. The van der Waals surface area contributed by atoms with Gasteiger partial charge in [-0.05, 0) is 24.8 Å². The number of aromatic nitrogens is 1. The van der Waals surface area contributed by atoms with Crippen molar-refractivity contribution in [3.63, 3.8) is 0 Å². The highest BCUT2D eigenvalue weighted by molar-refractivity contribution is 7.81. The van der Waals surface area contributed by atoms with Gasteiger partial charge in [0.05, 0.1) is 11.4 Å². The quantitative estimate of drug-likeness (QED) is 0.405. The lowest BCUT2D eigenvalue weighted by atomic mass is 9.94. The van der Waals surface area contributed by atoms with Crippen LogP contribution >= 0.6 is 12.6 Å². The zero-order valence-electron chi connectivity index (χ0n) is 18.0. The van der Waals surface area contributed by atoms with Gasteiger partial charge in [-0.2, -0.15) is 12.6 Å². The highest BCUT2D eigenvalue weighted by Gasteiger charge is 2.44. The van der Waals surface area contributed by atoms with E-state index in [2.05, 4.69) is 28.4 Å². The number of rotatable bonds is 10. The summed E-state index contributed by atoms with van der Waals surface area (Å²) in [6, 6.07) is 7.84. The third-order valence-electron chi connectivity index (χ3n) is 5.84. The van der Waals surface area contributed by atoms with Crippen LogP contribution in [0.5, 0.6) is 0 Å². The van der Waals surface area contributed by atoms with Crippen LogP contribution in [0.15, 0.2) is 41.1 Å². The van der Waals surface area contributed by atoms with Crippen LogP contribution in [0.1, 0.15) is 51.0 Å². The van der Waals surface area contributed by atoms with Gasteiger partial charge in [-0.3, -0.25) is 9.59 Å². The van der Waals surface area contributed by atoms with Crippen molar-refractivity contribution in [1.82, 2.24) is 15.8 Å². The fraction of sp³-hybridized carbons (Fsp3) is 0.478. The van der Waals surface area contributed by atoms with Gasteiger partial charge in [-0.15, -0.1) is 0 Å². The second kappa shape index (κ2) is 10.7. The summed E-state index contributed by atoms with van der Waals surface area (Å²) in [4.78, 5) is 37.6. The molecule has 1 aliphatic rings. The summed E-state index contributed by atoms with van der Waals surface area (Å²) >= 11 is 4.33. The van der Waals surface area contributed by atoms with E-state index in [4.69, 9.17) is 4.52 Å². The predicted octanol–water partition coefficient (Wildman–Crippen LogP) is 2.98. The summed E-state index contributed by atoms with van der Waals surface area (Å²) in [7, 11) is 0. The van der Waals surface area contributed by atoms with E-state index in [-0.39, 0.29) is 12.3 Å². The number of carbonyl (C=O) groups excluding carboxylic acids is 2. The van der Waals surface area contributed by atoms with Crippen molar-refractivity contribution < 1.29 is 24.0 Å². The Morgan fingerprint density at radius 1 is 1.19 bits per heavy atom. The molecule has 1 aromatic carbocycles. The summed E-state index contributed by atoms with van der Waals surface area (Å²) in [6.07, 6.45) is 5.62. The minimum absolute atomic E-state index is 0.118. The van der Waals surface area contributed by atoms with E-state index < -0.39 is 28.7 Å². The summed E-state index contributed by atoms with van der Waals surface area (Å²) in [6.45, 7) is 1.96. The van der Waals surface area contributed by atoms with Crippen molar-refractivity contribution in [3.05, 3.63) is 42.1 Å². The van der Waals surface area contributed by atoms with Crippen LogP contribution < -0.4 is 10.6 Å². The topological polar surface area (TPSA) is 122 Å². The molecule has 1 unspecified atom stereocenters. The van der Waals surface area contributed by atoms with Gasteiger partial charge in [-0.1, -0.05) is 55.6 Å². The molecule has 1 fully saturated rings. The van der Waals surface area contributed by atoms with Crippen LogP contribution in [-0.4, -0.2) is 44.9 Å². The minimum Gasteiger partial charge on any atom is -0.480 e. The molecule has 1 aromatic heterocycles. The van der Waals surface area contributed by atoms with Gasteiger partial charge >= 0.3 is 5.97 Å². The highest BCUT2D eigenvalue weighted by Crippen LogP contribution is 2.31. The smallest absolute Gasteiger partial charge is 0.326 e. The van der Waals surface area contributed by atoms with Gasteiger partial charge in [-0.25, -0.2) is 4.79 Å². The SMILES string of the molecule is CCCC(S)C(=O)NC1(C(=O)N[C@@H](Cc2ccc(-c3ccno3)cc2)C(=O)O)CCCC1. The minimum atomic E-state index is -1.13. The molecule has 8 nitrogen and oxygen atoms in total. The molecule has 2 atom stereocenters. The molecule has 0 radical (unpaired) electrons. The molecule has 9 heteroatoms. The Hall–Kier alpha value is -2.81. The maximum Gasteiger partial charge on any atom is 0.326 e. The lowest BCUT2D eigenvalue weighted by molar-refractivity contribution is -0.143. The van der Waals surface area contributed by atoms with Gasteiger partial charge in [0, 0.05) is 18.1 Å². The predicted molar refractivity (Wildman–Crippen MR) is 122 cm³/mol. The van der Waals surface area contributed by atoms with E-state index in [0.29, 0.717) is 25.0 Å². The van der Waals surface area contributed by atoms with Gasteiger partial charge < -0.3 is 20.3 Å². The zero-order chi connectivity index (χ0) is 23.1. The van der Waals surface area contributed by atoms with E-state index in [0.717, 1.165) is 30.4 Å². The average Bonchev–Trinajstić information content (AvgIpc) is 3.47. The normalized spacial score (nSPS) is 16.8. The van der Waals surface area contributed by atoms with E-state index >= 15 is 0 Å². The van der Waals surface area contributed by atoms with Crippen molar-refractivity contribution in [1.29, 1.82) is 0 Å². The van der Waals surface area contributed by atoms with Crippen molar-refractivity contribution in [2.75, 3.05) is 0 Å². The molecular weight excluding hydrogens is 430 g/mol. The number of hydrogen-bond donors (Lipinski definition) is 4. The second-order valence-corrected chi connectivity index (χ2v) is 8.85. The Labute approximate surface area is 192 Å². The molecule has 0 saturated heterocycles. The molecule has 3 N–H and O–H groups in total. The summed E-state index contributed by atoms with van der Waals surface area (Å²) < 4.78 is 5.12. The van der Waals surface area contributed by atoms with Crippen LogP contribution in [0.25, 0.3) is 11.3 Å². The molecule has 1 saturated carbocycles. The summed E-state index contributed by atoms with van der Waals surface area (Å²) in [5, 5.41) is 18.4. The molecule has 172 valence electrons. The van der Waals surface area contributed by atoms with E-state index in [1.165, 1.54) is 0 Å². The van der Waals surface area contributed by atoms with Crippen LogP contribution in [0.2, 0.25) is 0 Å². The van der Waals surface area contributed by atoms with E-state index in [1.807, 2.05) is 19.1 Å². The first-order valence-electron chi connectivity index (χ1n) is 10.9. The first-order chi connectivity index (χ1) is 15.3. The maximum absolute atomic E-state index is 13.2. The van der Waals surface area contributed by atoms with Gasteiger partial charge in [0.2, 0.25) is 11.8 Å². The number of aliphatic carboxylic acids is 1. The molecule has 1 heterocycles. The Kier molecular flexibility index (Phi) is 7.95. The molecule has 0 spiro atoms. The van der Waals surface area contributed by atoms with E-state index in [1.54, 1.807) is 24.4 Å². The third-order valence-corrected chi connectivity index (χ3v) is 6.33. The van der Waals surface area contributed by atoms with E-state index in [9.17, 15) is 19.5 Å². The molecule has 0 aliphatic heterocycles. The van der Waals surface area contributed by atoms with Crippen LogP contribution in [-0.2, 0) is 20.8 Å². The monoisotopic (exact) mass is 459 g/mol. The number of amides is 2. The molecule has 32 heavy (non-hydrogen) atoms. The lowest BCUT2D eigenvalue weighted by Crippen LogP contribution is -2.61. The van der Waals surface area contributed by atoms with Crippen LogP contribution in [0, 0.1) is 0 Å². The van der Waals surface area contributed by atoms with Crippen molar-refractivity contribution in [3.8, 4) is 11.3 Å². The number of thiol groups is 1. The fourth-order valence-corrected chi connectivity index (χ4v) is 4.34. The molecule has 2 amide bonds. The van der Waals surface area contributed by atoms with Crippen molar-refractivity contribution in [2.45, 2.75) is 68.7 Å². The molecule has 0 bridgehead atoms. The number of nitrogens with one attached hydrogen (secondary N) is 2. The Bertz CT molecular complexity index is 924.